The van der Waals surface area contributed by atoms with Crippen molar-refractivity contribution in [3.63, 3.8) is 0 Å². The van der Waals surface area contributed by atoms with Gasteiger partial charge in [0.25, 0.3) is 5.91 Å². The number of halogens is 1. The van der Waals surface area contributed by atoms with Gasteiger partial charge in [-0.05, 0) is 37.6 Å². The van der Waals surface area contributed by atoms with Crippen molar-refractivity contribution in [1.29, 1.82) is 0 Å². The van der Waals surface area contributed by atoms with Crippen molar-refractivity contribution in [1.82, 2.24) is 20.4 Å². The Morgan fingerprint density at radius 1 is 1.16 bits per heavy atom. The third kappa shape index (κ3) is 5.73. The Balaban J connectivity index is 1.54. The number of aryl methyl sites for hydroxylation is 1. The molecule has 2 heterocycles. The Labute approximate surface area is 183 Å². The van der Waals surface area contributed by atoms with Crippen LogP contribution in [-0.2, 0) is 22.6 Å². The highest BCUT2D eigenvalue weighted by Gasteiger charge is 2.21. The first-order valence-corrected chi connectivity index (χ1v) is 9.77. The second-order valence-electron chi connectivity index (χ2n) is 6.68. The fourth-order valence-corrected chi connectivity index (χ4v) is 3.12. The number of nitrogens with one attached hydrogen (secondary N) is 2. The number of urea groups is 1. The lowest BCUT2D eigenvalue weighted by Crippen LogP contribution is -2.41. The predicted octanol–water partition coefficient (Wildman–Crippen LogP) is 2.98. The lowest BCUT2D eigenvalue weighted by molar-refractivity contribution is -0.123. The first-order valence-electron chi connectivity index (χ1n) is 9.39. The zero-order valence-electron chi connectivity index (χ0n) is 17.0. The van der Waals surface area contributed by atoms with Crippen LogP contribution in [0.25, 0.3) is 0 Å². The van der Waals surface area contributed by atoms with Gasteiger partial charge in [0.15, 0.2) is 6.61 Å². The molecule has 1 aromatic carbocycles. The van der Waals surface area contributed by atoms with Gasteiger partial charge >= 0.3 is 12.0 Å². The fourth-order valence-electron chi connectivity index (χ4n) is 2.92. The van der Waals surface area contributed by atoms with Crippen LogP contribution in [0.4, 0.5) is 4.79 Å². The molecule has 2 N–H and O–H groups in total. The third-order valence-electron chi connectivity index (χ3n) is 4.45. The van der Waals surface area contributed by atoms with E-state index < -0.39 is 24.5 Å². The molecule has 2 aromatic heterocycles. The first kappa shape index (κ1) is 22.1. The predicted molar refractivity (Wildman–Crippen MR) is 112 cm³/mol. The number of ether oxygens (including phenoxy) is 1. The summed E-state index contributed by atoms with van der Waals surface area (Å²) >= 11 is 6.20. The molecule has 0 aliphatic carbocycles. The fraction of sp³-hybridized carbons (Fsp3) is 0.238. The largest absolute Gasteiger partial charge is 0.467 e. The van der Waals surface area contributed by atoms with Gasteiger partial charge in [0.2, 0.25) is 0 Å². The van der Waals surface area contributed by atoms with Crippen LogP contribution in [0.2, 0.25) is 5.02 Å². The van der Waals surface area contributed by atoms with Gasteiger partial charge < -0.3 is 14.5 Å². The summed E-state index contributed by atoms with van der Waals surface area (Å²) in [5.74, 6) is -0.926. The summed E-state index contributed by atoms with van der Waals surface area (Å²) in [4.78, 5) is 36.1. The molecule has 3 rings (SSSR count). The standard InChI is InChI=1S/C21H21ClN4O5/c1-13-19(14(2)26(25-13)11-15-6-3-4-8-17(15)22)20(28)31-12-18(27)24-21(29)23-10-16-7-5-9-30-16/h3-9H,10-12H2,1-2H3,(H2,23,24,27,29). The maximum absolute atomic E-state index is 12.5. The minimum atomic E-state index is -0.760. The van der Waals surface area contributed by atoms with E-state index in [1.54, 1.807) is 36.7 Å². The zero-order chi connectivity index (χ0) is 22.4. The molecule has 162 valence electrons. The van der Waals surface area contributed by atoms with E-state index in [4.69, 9.17) is 20.8 Å². The highest BCUT2D eigenvalue weighted by molar-refractivity contribution is 6.31. The van der Waals surface area contributed by atoms with Gasteiger partial charge in [0.1, 0.15) is 11.3 Å². The van der Waals surface area contributed by atoms with Crippen LogP contribution >= 0.6 is 11.6 Å². The molecule has 3 amide bonds. The summed E-state index contributed by atoms with van der Waals surface area (Å²) in [6.07, 6.45) is 1.47. The first-order chi connectivity index (χ1) is 14.8. The van der Waals surface area contributed by atoms with Crippen LogP contribution in [0.5, 0.6) is 0 Å². The van der Waals surface area contributed by atoms with Crippen molar-refractivity contribution in [2.24, 2.45) is 0 Å². The van der Waals surface area contributed by atoms with E-state index in [0.29, 0.717) is 28.7 Å². The summed E-state index contributed by atoms with van der Waals surface area (Å²) in [6, 6.07) is 9.99. The molecule has 0 unspecified atom stereocenters. The Morgan fingerprint density at radius 3 is 2.65 bits per heavy atom. The number of carbonyl (C=O) groups is 3. The molecule has 31 heavy (non-hydrogen) atoms. The summed E-state index contributed by atoms with van der Waals surface area (Å²) < 4.78 is 11.8. The number of esters is 1. The third-order valence-corrected chi connectivity index (χ3v) is 4.82. The van der Waals surface area contributed by atoms with Gasteiger partial charge in [-0.15, -0.1) is 0 Å². The average molecular weight is 445 g/mol. The molecule has 0 fully saturated rings. The normalized spacial score (nSPS) is 10.5. The van der Waals surface area contributed by atoms with Crippen molar-refractivity contribution >= 4 is 29.5 Å². The number of hydrogen-bond acceptors (Lipinski definition) is 6. The molecular formula is C21H21ClN4O5. The van der Waals surface area contributed by atoms with Gasteiger partial charge in [-0.25, -0.2) is 9.59 Å². The van der Waals surface area contributed by atoms with E-state index in [0.717, 1.165) is 5.56 Å². The number of amides is 3. The minimum Gasteiger partial charge on any atom is -0.467 e. The molecule has 0 atom stereocenters. The molecular weight excluding hydrogens is 424 g/mol. The Kier molecular flexibility index (Phi) is 7.09. The lowest BCUT2D eigenvalue weighted by atomic mass is 10.2. The number of hydrogen-bond donors (Lipinski definition) is 2. The summed E-state index contributed by atoms with van der Waals surface area (Å²) in [7, 11) is 0. The number of benzene rings is 1. The Hall–Kier alpha value is -3.59. The molecule has 10 heteroatoms. The highest BCUT2D eigenvalue weighted by Crippen LogP contribution is 2.20. The summed E-state index contributed by atoms with van der Waals surface area (Å²) in [5, 5.41) is 9.51. The minimum absolute atomic E-state index is 0.120. The van der Waals surface area contributed by atoms with Crippen molar-refractivity contribution in [2.75, 3.05) is 6.61 Å². The van der Waals surface area contributed by atoms with E-state index in [1.807, 2.05) is 18.2 Å². The number of nitrogens with zero attached hydrogens (tertiary/aromatic N) is 2. The van der Waals surface area contributed by atoms with Gasteiger partial charge in [0, 0.05) is 5.02 Å². The van der Waals surface area contributed by atoms with Crippen LogP contribution in [0.3, 0.4) is 0 Å². The molecule has 0 spiro atoms. The molecule has 0 radical (unpaired) electrons. The second kappa shape index (κ2) is 9.94. The van der Waals surface area contributed by atoms with Crippen LogP contribution in [0, 0.1) is 13.8 Å². The van der Waals surface area contributed by atoms with Crippen molar-refractivity contribution in [2.45, 2.75) is 26.9 Å². The molecule has 0 aliphatic rings. The maximum atomic E-state index is 12.5. The molecule has 0 bridgehead atoms. The number of aromatic nitrogens is 2. The Bertz CT molecular complexity index is 1090. The number of furan rings is 1. The van der Waals surface area contributed by atoms with E-state index in [1.165, 1.54) is 6.26 Å². The number of rotatable bonds is 7. The number of carbonyl (C=O) groups excluding carboxylic acids is 3. The summed E-state index contributed by atoms with van der Waals surface area (Å²) in [6.45, 7) is 3.30. The molecule has 0 saturated heterocycles. The van der Waals surface area contributed by atoms with Gasteiger partial charge in [-0.3, -0.25) is 14.8 Å². The smallest absolute Gasteiger partial charge is 0.342 e. The monoisotopic (exact) mass is 444 g/mol. The van der Waals surface area contributed by atoms with Gasteiger partial charge in [0.05, 0.1) is 30.7 Å². The molecule has 9 nitrogen and oxygen atoms in total. The SMILES string of the molecule is Cc1nn(Cc2ccccc2Cl)c(C)c1C(=O)OCC(=O)NC(=O)NCc1ccco1. The average Bonchev–Trinajstić information content (AvgIpc) is 3.34. The Morgan fingerprint density at radius 2 is 1.94 bits per heavy atom. The van der Waals surface area contributed by atoms with Crippen LogP contribution in [0.15, 0.2) is 47.1 Å². The van der Waals surface area contributed by atoms with Gasteiger partial charge in [-0.2, -0.15) is 5.10 Å². The maximum Gasteiger partial charge on any atom is 0.342 e. The van der Waals surface area contributed by atoms with Crippen LogP contribution in [-0.4, -0.2) is 34.3 Å². The van der Waals surface area contributed by atoms with Gasteiger partial charge in [-0.1, -0.05) is 29.8 Å². The van der Waals surface area contributed by atoms with Crippen molar-refractivity contribution in [3.8, 4) is 0 Å². The quantitative estimate of drug-likeness (QED) is 0.541. The molecule has 3 aromatic rings. The van der Waals surface area contributed by atoms with Crippen molar-refractivity contribution < 1.29 is 23.5 Å². The van der Waals surface area contributed by atoms with Crippen molar-refractivity contribution in [3.05, 3.63) is 76.0 Å². The van der Waals surface area contributed by atoms with E-state index >= 15 is 0 Å². The molecule has 0 saturated carbocycles. The van der Waals surface area contributed by atoms with Crippen LogP contribution < -0.4 is 10.6 Å². The number of imide groups is 1. The second-order valence-corrected chi connectivity index (χ2v) is 7.09. The highest BCUT2D eigenvalue weighted by atomic mass is 35.5. The summed E-state index contributed by atoms with van der Waals surface area (Å²) in [5.41, 5.74) is 2.17. The lowest BCUT2D eigenvalue weighted by Gasteiger charge is -2.08. The van der Waals surface area contributed by atoms with E-state index in [2.05, 4.69) is 15.7 Å². The topological polar surface area (TPSA) is 115 Å². The van der Waals surface area contributed by atoms with E-state index in [-0.39, 0.29) is 12.1 Å². The zero-order valence-corrected chi connectivity index (χ0v) is 17.7. The molecule has 0 aliphatic heterocycles. The van der Waals surface area contributed by atoms with E-state index in [9.17, 15) is 14.4 Å². The van der Waals surface area contributed by atoms with Crippen LogP contribution in [0.1, 0.15) is 33.1 Å².